The van der Waals surface area contributed by atoms with E-state index >= 15 is 4.39 Å². The third-order valence-corrected chi connectivity index (χ3v) is 8.48. The molecule has 12 heteroatoms. The Hall–Kier alpha value is -4.86. The van der Waals surface area contributed by atoms with Crippen LogP contribution in [0.1, 0.15) is 56.9 Å². The highest BCUT2D eigenvalue weighted by atomic mass is 32.1. The molecule has 0 unspecified atom stereocenters. The zero-order valence-corrected chi connectivity index (χ0v) is 26.7. The van der Waals surface area contributed by atoms with Crippen molar-refractivity contribution in [2.75, 3.05) is 26.2 Å². The maximum Gasteiger partial charge on any atom is 0.335 e. The second-order valence-electron chi connectivity index (χ2n) is 11.8. The molecule has 2 fully saturated rings. The number of likely N-dealkylation sites (tertiary alicyclic amines) is 2. The molecule has 1 aromatic heterocycles. The van der Waals surface area contributed by atoms with Crippen LogP contribution >= 0.6 is 0 Å². The standard InChI is InChI=1S/C35H35FN4O4.O2S/c1-23-2-9-29(10-3-23)43-32-14-17-40(22-30(32)36)35(42)26-8-11-31-27(18-26)19-33(44-31)34(41)38-28-12-15-39(16-13-28)21-25-6-4-24(20-37)5-7-25;1-3-2/h2-11,18-19,28,30,32H,12-17,21-22H2,1H3,(H,38,41);/t30-,32-;/m0./s1. The third-order valence-electron chi connectivity index (χ3n) is 8.48. The molecule has 10 nitrogen and oxygen atoms in total. The molecule has 2 saturated heterocycles. The highest BCUT2D eigenvalue weighted by Crippen LogP contribution is 2.26. The number of carbonyl (C=O) groups excluding carboxylic acids is 2. The number of halogens is 1. The molecular weight excluding hydrogens is 623 g/mol. The van der Waals surface area contributed by atoms with Gasteiger partial charge in [0.1, 0.15) is 17.4 Å². The summed E-state index contributed by atoms with van der Waals surface area (Å²) in [6, 6.07) is 24.0. The van der Waals surface area contributed by atoms with Crippen LogP contribution in [-0.2, 0) is 18.1 Å². The number of alkyl halides is 1. The van der Waals surface area contributed by atoms with Crippen molar-refractivity contribution >= 4 is 34.4 Å². The number of rotatable bonds is 7. The van der Waals surface area contributed by atoms with Crippen molar-refractivity contribution in [1.29, 1.82) is 5.26 Å². The van der Waals surface area contributed by atoms with Gasteiger partial charge in [0.05, 0.1) is 18.2 Å². The quantitative estimate of drug-likeness (QED) is 0.295. The van der Waals surface area contributed by atoms with Gasteiger partial charge >= 0.3 is 11.6 Å². The number of amides is 2. The topological polar surface area (TPSA) is 133 Å². The summed E-state index contributed by atoms with van der Waals surface area (Å²) in [6.07, 6.45) is 0.138. The Bertz CT molecular complexity index is 1770. The number of carbonyl (C=O) groups is 2. The lowest BCUT2D eigenvalue weighted by atomic mass is 10.0. The Morgan fingerprint density at radius 1 is 1.00 bits per heavy atom. The van der Waals surface area contributed by atoms with Gasteiger partial charge in [-0.25, -0.2) is 4.39 Å². The maximum atomic E-state index is 15.0. The molecule has 2 amide bonds. The van der Waals surface area contributed by atoms with Crippen LogP contribution in [0.25, 0.3) is 11.0 Å². The fourth-order valence-electron chi connectivity index (χ4n) is 5.90. The summed E-state index contributed by atoms with van der Waals surface area (Å²) < 4.78 is 43.3. The molecule has 3 heterocycles. The smallest absolute Gasteiger partial charge is 0.335 e. The molecule has 0 spiro atoms. The number of fused-ring (bicyclic) bond motifs is 1. The summed E-state index contributed by atoms with van der Waals surface area (Å²) in [5.41, 5.74) is 3.85. The van der Waals surface area contributed by atoms with Crippen molar-refractivity contribution in [3.63, 3.8) is 0 Å². The van der Waals surface area contributed by atoms with Crippen LogP contribution in [0, 0.1) is 18.3 Å². The number of nitrogens with one attached hydrogen (secondary N) is 1. The van der Waals surface area contributed by atoms with E-state index in [1.807, 2.05) is 55.5 Å². The Morgan fingerprint density at radius 3 is 2.36 bits per heavy atom. The van der Waals surface area contributed by atoms with Crippen molar-refractivity contribution in [2.45, 2.75) is 51.0 Å². The third kappa shape index (κ3) is 8.69. The van der Waals surface area contributed by atoms with Gasteiger partial charge in [0.15, 0.2) is 11.9 Å². The minimum Gasteiger partial charge on any atom is -0.487 e. The van der Waals surface area contributed by atoms with E-state index in [-0.39, 0.29) is 30.2 Å². The van der Waals surface area contributed by atoms with Crippen molar-refractivity contribution in [3.8, 4) is 11.8 Å². The Morgan fingerprint density at radius 2 is 1.70 bits per heavy atom. The second kappa shape index (κ2) is 15.6. The predicted octanol–water partition coefficient (Wildman–Crippen LogP) is 4.97. The van der Waals surface area contributed by atoms with E-state index in [9.17, 15) is 9.59 Å². The highest BCUT2D eigenvalue weighted by Gasteiger charge is 2.33. The van der Waals surface area contributed by atoms with E-state index in [0.29, 0.717) is 40.8 Å². The molecule has 4 aromatic rings. The van der Waals surface area contributed by atoms with Crippen molar-refractivity contribution in [2.24, 2.45) is 0 Å². The first-order valence-corrected chi connectivity index (χ1v) is 16.1. The van der Waals surface area contributed by atoms with Gasteiger partial charge in [-0.15, -0.1) is 0 Å². The summed E-state index contributed by atoms with van der Waals surface area (Å²) >= 11 is -0.750. The molecular formula is C35H35FN4O6S. The molecule has 2 aliphatic heterocycles. The number of ether oxygens (including phenoxy) is 1. The molecule has 0 aliphatic carbocycles. The lowest BCUT2D eigenvalue weighted by molar-refractivity contribution is 0.0202. The minimum absolute atomic E-state index is 0.0385. The van der Waals surface area contributed by atoms with Gasteiger partial charge in [0.25, 0.3) is 11.8 Å². The van der Waals surface area contributed by atoms with Crippen molar-refractivity contribution in [3.05, 3.63) is 101 Å². The van der Waals surface area contributed by atoms with Gasteiger partial charge in [0.2, 0.25) is 0 Å². The zero-order valence-electron chi connectivity index (χ0n) is 25.9. The average Bonchev–Trinajstić information content (AvgIpc) is 3.52. The van der Waals surface area contributed by atoms with E-state index < -0.39 is 23.8 Å². The summed E-state index contributed by atoms with van der Waals surface area (Å²) in [5.74, 6) is 0.278. The molecule has 1 N–H and O–H groups in total. The van der Waals surface area contributed by atoms with Crippen LogP contribution in [0.4, 0.5) is 4.39 Å². The normalized spacial score (nSPS) is 18.4. The molecule has 244 valence electrons. The first-order valence-electron chi connectivity index (χ1n) is 15.4. The van der Waals surface area contributed by atoms with Gasteiger partial charge in [-0.3, -0.25) is 14.5 Å². The molecule has 0 bridgehead atoms. The molecule has 3 aromatic carbocycles. The average molecular weight is 659 g/mol. The fraction of sp³-hybridized carbons (Fsp3) is 0.343. The van der Waals surface area contributed by atoms with E-state index in [0.717, 1.165) is 43.6 Å². The number of nitrogens with zero attached hydrogens (tertiary/aromatic N) is 3. The maximum absolute atomic E-state index is 15.0. The van der Waals surface area contributed by atoms with Crippen LogP contribution in [0.5, 0.6) is 5.75 Å². The van der Waals surface area contributed by atoms with E-state index in [2.05, 4.69) is 16.3 Å². The number of furan rings is 1. The van der Waals surface area contributed by atoms with Crippen LogP contribution in [-0.4, -0.2) is 74.5 Å². The fourth-order valence-corrected chi connectivity index (χ4v) is 5.90. The molecule has 2 aliphatic rings. The van der Waals surface area contributed by atoms with E-state index in [4.69, 9.17) is 22.8 Å². The lowest BCUT2D eigenvalue weighted by Gasteiger charge is -2.34. The number of piperidine rings is 2. The van der Waals surface area contributed by atoms with Crippen LogP contribution in [0.15, 0.2) is 77.2 Å². The van der Waals surface area contributed by atoms with Gasteiger partial charge < -0.3 is 19.4 Å². The van der Waals surface area contributed by atoms with Gasteiger partial charge in [-0.2, -0.15) is 13.7 Å². The molecule has 0 saturated carbocycles. The Kier molecular flexibility index (Phi) is 11.1. The molecule has 6 rings (SSSR count). The molecule has 2 atom stereocenters. The summed E-state index contributed by atoms with van der Waals surface area (Å²) in [4.78, 5) is 30.1. The van der Waals surface area contributed by atoms with Crippen LogP contribution in [0.3, 0.4) is 0 Å². The van der Waals surface area contributed by atoms with E-state index in [1.54, 1.807) is 24.3 Å². The number of hydrogen-bond acceptors (Lipinski definition) is 8. The number of hydrogen-bond donors (Lipinski definition) is 1. The Labute approximate surface area is 275 Å². The summed E-state index contributed by atoms with van der Waals surface area (Å²) in [5, 5.41) is 12.7. The number of benzene rings is 3. The number of nitriles is 1. The first kappa shape index (κ1) is 33.5. The first-order chi connectivity index (χ1) is 22.8. The molecule has 0 radical (unpaired) electrons. The monoisotopic (exact) mass is 658 g/mol. The van der Waals surface area contributed by atoms with Gasteiger partial charge in [-0.05, 0) is 73.9 Å². The predicted molar refractivity (Wildman–Crippen MR) is 173 cm³/mol. The summed E-state index contributed by atoms with van der Waals surface area (Å²) in [7, 11) is 0. The highest BCUT2D eigenvalue weighted by molar-refractivity contribution is 7.51. The SMILES string of the molecule is Cc1ccc(O[C@H]2CCN(C(=O)c3ccc4oc(C(=O)NC5CCN(Cc6ccc(C#N)cc6)CC5)cc4c3)C[C@@H]2F)cc1.O=S=O. The van der Waals surface area contributed by atoms with Crippen molar-refractivity contribution < 1.29 is 31.6 Å². The second-order valence-corrected chi connectivity index (χ2v) is 11.9. The lowest BCUT2D eigenvalue weighted by Crippen LogP contribution is -2.49. The van der Waals surface area contributed by atoms with Gasteiger partial charge in [0, 0.05) is 49.6 Å². The van der Waals surface area contributed by atoms with Crippen LogP contribution in [0.2, 0.25) is 0 Å². The Balaban J connectivity index is 0.00000139. The van der Waals surface area contributed by atoms with Crippen molar-refractivity contribution in [1.82, 2.24) is 15.1 Å². The minimum atomic E-state index is -1.30. The largest absolute Gasteiger partial charge is 0.487 e. The summed E-state index contributed by atoms with van der Waals surface area (Å²) in [6.45, 7) is 4.84. The van der Waals surface area contributed by atoms with Crippen LogP contribution < -0.4 is 10.1 Å². The zero-order chi connectivity index (χ0) is 33.3. The van der Waals surface area contributed by atoms with Gasteiger partial charge in [-0.1, -0.05) is 29.8 Å². The van der Waals surface area contributed by atoms with E-state index in [1.165, 1.54) is 4.90 Å². The molecule has 47 heavy (non-hydrogen) atoms. The number of aryl methyl sites for hydroxylation is 1.